The van der Waals surface area contributed by atoms with Gasteiger partial charge in [0.05, 0.1) is 0 Å². The Morgan fingerprint density at radius 2 is 1.09 bits per heavy atom. The van der Waals surface area contributed by atoms with E-state index in [0.29, 0.717) is 0 Å². The first-order valence-corrected chi connectivity index (χ1v) is 4.80. The average molecular weight is 182 g/mol. The summed E-state index contributed by atoms with van der Waals surface area (Å²) in [6, 6.07) is 0. The minimum atomic E-state index is -2.67. The van der Waals surface area contributed by atoms with Gasteiger partial charge < -0.3 is 0 Å². The van der Waals surface area contributed by atoms with Gasteiger partial charge in [0.1, 0.15) is 9.84 Å². The fourth-order valence-electron chi connectivity index (χ4n) is 0. The van der Waals surface area contributed by atoms with E-state index in [1.807, 2.05) is 13.8 Å². The first kappa shape index (κ1) is 22.4. The third-order valence-corrected chi connectivity index (χ3v) is 0. The molecule has 0 heterocycles. The highest BCUT2D eigenvalue weighted by molar-refractivity contribution is 7.89. The summed E-state index contributed by atoms with van der Waals surface area (Å²) in [5.74, 6) is 0. The highest BCUT2D eigenvalue weighted by atomic mass is 32.2. The molecule has 0 fully saturated rings. The molecular formula is C8H22O2S. The van der Waals surface area contributed by atoms with Gasteiger partial charge in [-0.25, -0.2) is 8.42 Å². The molecule has 0 aliphatic rings. The lowest BCUT2D eigenvalue weighted by atomic mass is 10.4. The van der Waals surface area contributed by atoms with Crippen LogP contribution in [-0.2, 0) is 9.84 Å². The van der Waals surface area contributed by atoms with Crippen molar-refractivity contribution in [2.24, 2.45) is 0 Å². The van der Waals surface area contributed by atoms with Crippen molar-refractivity contribution in [1.29, 1.82) is 0 Å². The van der Waals surface area contributed by atoms with E-state index in [1.54, 1.807) is 0 Å². The molecule has 0 saturated heterocycles. The number of allylic oxidation sites excluding steroid dienone is 1. The summed E-state index contributed by atoms with van der Waals surface area (Å²) in [5, 5.41) is 0. The first-order chi connectivity index (χ1) is 3.73. The van der Waals surface area contributed by atoms with Crippen LogP contribution in [0.15, 0.2) is 12.2 Å². The molecule has 0 aromatic heterocycles. The molecule has 0 atom stereocenters. The minimum Gasteiger partial charge on any atom is -0.229 e. The van der Waals surface area contributed by atoms with E-state index in [9.17, 15) is 8.42 Å². The summed E-state index contributed by atoms with van der Waals surface area (Å²) in [4.78, 5) is 0. The van der Waals surface area contributed by atoms with Crippen molar-refractivity contribution < 1.29 is 8.42 Å². The Morgan fingerprint density at radius 1 is 1.09 bits per heavy atom. The lowest BCUT2D eigenvalue weighted by molar-refractivity contribution is 0.607. The lowest BCUT2D eigenvalue weighted by Gasteiger charge is -1.69. The van der Waals surface area contributed by atoms with Crippen LogP contribution in [0.3, 0.4) is 0 Å². The van der Waals surface area contributed by atoms with E-state index >= 15 is 0 Å². The fraction of sp³-hybridized carbons (Fsp3) is 0.750. The molecule has 0 bridgehead atoms. The molecule has 0 saturated carbocycles. The second-order valence-electron chi connectivity index (χ2n) is 2.35. The molecule has 0 aliphatic carbocycles. The number of sulfone groups is 1. The van der Waals surface area contributed by atoms with Crippen LogP contribution in [0.4, 0.5) is 0 Å². The quantitative estimate of drug-likeness (QED) is 0.539. The minimum absolute atomic E-state index is 0. The van der Waals surface area contributed by atoms with Crippen molar-refractivity contribution in [3.8, 4) is 0 Å². The van der Waals surface area contributed by atoms with Crippen molar-refractivity contribution in [3.05, 3.63) is 12.2 Å². The predicted molar refractivity (Wildman–Crippen MR) is 54.7 cm³/mol. The Morgan fingerprint density at radius 3 is 1.09 bits per heavy atom. The van der Waals surface area contributed by atoms with Gasteiger partial charge in [0, 0.05) is 12.5 Å². The highest BCUT2D eigenvalue weighted by Gasteiger charge is 1.79. The van der Waals surface area contributed by atoms with Crippen LogP contribution in [0.1, 0.15) is 28.7 Å². The molecule has 72 valence electrons. The van der Waals surface area contributed by atoms with E-state index < -0.39 is 9.84 Å². The molecule has 0 unspecified atom stereocenters. The monoisotopic (exact) mass is 182 g/mol. The Kier molecular flexibility index (Phi) is 19.8. The third-order valence-electron chi connectivity index (χ3n) is 0. The Bertz CT molecular complexity index is 155. The van der Waals surface area contributed by atoms with Gasteiger partial charge in [-0.3, -0.25) is 0 Å². The molecular weight excluding hydrogens is 160 g/mol. The largest absolute Gasteiger partial charge is 0.229 e. The molecule has 0 amide bonds. The first-order valence-electron chi connectivity index (χ1n) is 2.50. The molecule has 0 spiro atoms. The SMILES string of the molecule is C.C.C=C(C)C.CS(C)(=O)=O. The Balaban J connectivity index is -0.0000000383. The molecule has 0 radical (unpaired) electrons. The second-order valence-corrected chi connectivity index (χ2v) is 4.64. The van der Waals surface area contributed by atoms with Crippen molar-refractivity contribution in [2.45, 2.75) is 28.7 Å². The van der Waals surface area contributed by atoms with Gasteiger partial charge >= 0.3 is 0 Å². The topological polar surface area (TPSA) is 34.1 Å². The predicted octanol–water partition coefficient (Wildman–Crippen LogP) is 2.52. The Hall–Kier alpha value is -0.310. The summed E-state index contributed by atoms with van der Waals surface area (Å²) in [6.45, 7) is 7.50. The summed E-state index contributed by atoms with van der Waals surface area (Å²) < 4.78 is 19.3. The summed E-state index contributed by atoms with van der Waals surface area (Å²) in [6.07, 6.45) is 2.32. The van der Waals surface area contributed by atoms with Crippen LogP contribution in [-0.4, -0.2) is 20.9 Å². The zero-order valence-electron chi connectivity index (χ0n) is 6.43. The van der Waals surface area contributed by atoms with E-state index in [0.717, 1.165) is 12.5 Å². The van der Waals surface area contributed by atoms with Crippen molar-refractivity contribution in [3.63, 3.8) is 0 Å². The molecule has 0 aromatic carbocycles. The van der Waals surface area contributed by atoms with Crippen LogP contribution in [0.5, 0.6) is 0 Å². The maximum atomic E-state index is 9.63. The molecule has 0 aliphatic heterocycles. The van der Waals surface area contributed by atoms with Crippen LogP contribution in [0.2, 0.25) is 0 Å². The summed E-state index contributed by atoms with van der Waals surface area (Å²) in [7, 11) is -2.67. The number of hydrogen-bond acceptors (Lipinski definition) is 2. The molecule has 2 nitrogen and oxygen atoms in total. The summed E-state index contributed by atoms with van der Waals surface area (Å²) >= 11 is 0. The zero-order chi connectivity index (χ0) is 8.08. The molecule has 11 heavy (non-hydrogen) atoms. The molecule has 0 N–H and O–H groups in total. The third kappa shape index (κ3) is 5960. The maximum absolute atomic E-state index is 9.63. The van der Waals surface area contributed by atoms with Crippen LogP contribution in [0.25, 0.3) is 0 Å². The second kappa shape index (κ2) is 9.69. The fourth-order valence-corrected chi connectivity index (χ4v) is 0. The van der Waals surface area contributed by atoms with E-state index in [2.05, 4.69) is 6.58 Å². The van der Waals surface area contributed by atoms with Crippen molar-refractivity contribution in [1.82, 2.24) is 0 Å². The zero-order valence-corrected chi connectivity index (χ0v) is 7.25. The van der Waals surface area contributed by atoms with Gasteiger partial charge in [0.25, 0.3) is 0 Å². The van der Waals surface area contributed by atoms with Crippen LogP contribution < -0.4 is 0 Å². The van der Waals surface area contributed by atoms with Gasteiger partial charge in [0.15, 0.2) is 0 Å². The van der Waals surface area contributed by atoms with Crippen molar-refractivity contribution in [2.75, 3.05) is 12.5 Å². The lowest BCUT2D eigenvalue weighted by Crippen LogP contribution is -1.86. The normalized spacial score (nSPS) is 7.64. The van der Waals surface area contributed by atoms with E-state index in [1.165, 1.54) is 5.57 Å². The smallest absolute Gasteiger partial charge is 0.144 e. The molecule has 0 rings (SSSR count). The van der Waals surface area contributed by atoms with Gasteiger partial charge in [-0.05, 0) is 13.8 Å². The number of rotatable bonds is 0. The van der Waals surface area contributed by atoms with E-state index in [4.69, 9.17) is 0 Å². The van der Waals surface area contributed by atoms with Gasteiger partial charge in [0.2, 0.25) is 0 Å². The Labute approximate surface area is 72.2 Å². The molecule has 0 aromatic rings. The summed E-state index contributed by atoms with van der Waals surface area (Å²) in [5.41, 5.74) is 1.17. The van der Waals surface area contributed by atoms with Gasteiger partial charge in [-0.1, -0.05) is 20.4 Å². The standard InChI is InChI=1S/C4H8.C2H6O2S.2CH4/c1-4(2)3;1-5(2,3)4;;/h1H2,2-3H3;1-2H3;2*1H4. The average Bonchev–Trinajstić information content (AvgIpc) is 1.19. The maximum Gasteiger partial charge on any atom is 0.144 e. The van der Waals surface area contributed by atoms with E-state index in [-0.39, 0.29) is 14.9 Å². The van der Waals surface area contributed by atoms with Crippen LogP contribution in [0, 0.1) is 0 Å². The van der Waals surface area contributed by atoms with Gasteiger partial charge in [-0.2, -0.15) is 0 Å². The van der Waals surface area contributed by atoms with Gasteiger partial charge in [-0.15, -0.1) is 6.58 Å². The van der Waals surface area contributed by atoms with Crippen molar-refractivity contribution >= 4 is 9.84 Å². The van der Waals surface area contributed by atoms with Crippen LogP contribution >= 0.6 is 0 Å². The molecule has 3 heteroatoms. The highest BCUT2D eigenvalue weighted by Crippen LogP contribution is 1.73. The number of hydrogen-bond donors (Lipinski definition) is 0.